The van der Waals surface area contributed by atoms with Gasteiger partial charge in [-0.2, -0.15) is 13.2 Å². The fourth-order valence-electron chi connectivity index (χ4n) is 1.31. The molecule has 0 aliphatic heterocycles. The van der Waals surface area contributed by atoms with Crippen molar-refractivity contribution >= 4 is 17.6 Å². The molecule has 1 aromatic rings. The van der Waals surface area contributed by atoms with Crippen LogP contribution in [0, 0.1) is 0 Å². The Balaban J connectivity index is 3.72. The minimum Gasteiger partial charge on any atom is -0.478 e. The number of halogens is 3. The molecule has 0 heterocycles. The van der Waals surface area contributed by atoms with E-state index in [9.17, 15) is 22.8 Å². The highest BCUT2D eigenvalue weighted by atomic mass is 19.4. The van der Waals surface area contributed by atoms with Crippen LogP contribution >= 0.6 is 0 Å². The molecular weight excluding hydrogens is 243 g/mol. The first-order valence-corrected chi connectivity index (χ1v) is 4.12. The summed E-state index contributed by atoms with van der Waals surface area (Å²) in [5.74, 6) is -3.83. The van der Waals surface area contributed by atoms with E-state index >= 15 is 0 Å². The predicted octanol–water partition coefficient (Wildman–Crippen LogP) is 1.68. The van der Waals surface area contributed by atoms with Gasteiger partial charge in [-0.05, 0) is 12.1 Å². The van der Waals surface area contributed by atoms with Crippen molar-refractivity contribution in [2.45, 2.75) is 6.18 Å². The molecule has 0 aliphatic rings. The standard InChI is InChI=1S/C9H6F3NO4/c10-9(11,12)3-1-2-4(13)6(8(16)17)5(3)7(14)15/h1-2H,13H2,(H,14,15)(H,16,17). The van der Waals surface area contributed by atoms with Crippen molar-refractivity contribution in [1.29, 1.82) is 0 Å². The molecule has 0 spiro atoms. The number of carboxylic acids is 2. The van der Waals surface area contributed by atoms with Gasteiger partial charge in [-0.3, -0.25) is 0 Å². The number of benzene rings is 1. The van der Waals surface area contributed by atoms with Crippen molar-refractivity contribution in [3.8, 4) is 0 Å². The third kappa shape index (κ3) is 2.30. The number of carboxylic acid groups (broad SMARTS) is 2. The van der Waals surface area contributed by atoms with E-state index in [1.165, 1.54) is 0 Å². The maximum absolute atomic E-state index is 12.5. The monoisotopic (exact) mass is 249 g/mol. The van der Waals surface area contributed by atoms with Gasteiger partial charge in [0.2, 0.25) is 0 Å². The molecule has 0 saturated carbocycles. The zero-order chi connectivity index (χ0) is 13.4. The summed E-state index contributed by atoms with van der Waals surface area (Å²) in [6, 6.07) is 1.14. The molecule has 0 saturated heterocycles. The molecule has 0 atom stereocenters. The summed E-state index contributed by atoms with van der Waals surface area (Å²) in [6.07, 6.45) is -4.97. The van der Waals surface area contributed by atoms with E-state index in [0.29, 0.717) is 12.1 Å². The van der Waals surface area contributed by atoms with Crippen LogP contribution in [0.2, 0.25) is 0 Å². The van der Waals surface area contributed by atoms with Crippen molar-refractivity contribution in [3.05, 3.63) is 28.8 Å². The van der Waals surface area contributed by atoms with Gasteiger partial charge in [0.1, 0.15) is 0 Å². The molecule has 17 heavy (non-hydrogen) atoms. The van der Waals surface area contributed by atoms with Crippen molar-refractivity contribution in [2.75, 3.05) is 5.73 Å². The normalized spacial score (nSPS) is 11.2. The molecule has 0 aliphatic carbocycles. The molecule has 1 aromatic carbocycles. The van der Waals surface area contributed by atoms with E-state index in [1.54, 1.807) is 0 Å². The quantitative estimate of drug-likeness (QED) is 0.692. The third-order valence-corrected chi connectivity index (χ3v) is 1.97. The highest BCUT2D eigenvalue weighted by Gasteiger charge is 2.38. The van der Waals surface area contributed by atoms with Crippen LogP contribution in [0.15, 0.2) is 12.1 Å². The van der Waals surface area contributed by atoms with E-state index < -0.39 is 40.5 Å². The molecule has 0 aromatic heterocycles. The highest BCUT2D eigenvalue weighted by molar-refractivity contribution is 6.06. The maximum Gasteiger partial charge on any atom is 0.417 e. The average Bonchev–Trinajstić information content (AvgIpc) is 2.14. The number of carbonyl (C=O) groups is 2. The Morgan fingerprint density at radius 3 is 1.88 bits per heavy atom. The molecule has 8 heteroatoms. The molecule has 0 fully saturated rings. The number of nitrogens with two attached hydrogens (primary N) is 1. The Labute approximate surface area is 92.3 Å². The fraction of sp³-hybridized carbons (Fsp3) is 0.111. The van der Waals surface area contributed by atoms with Crippen molar-refractivity contribution in [3.63, 3.8) is 0 Å². The number of hydrogen-bond donors (Lipinski definition) is 3. The lowest BCUT2D eigenvalue weighted by Crippen LogP contribution is -2.19. The third-order valence-electron chi connectivity index (χ3n) is 1.97. The van der Waals surface area contributed by atoms with Gasteiger partial charge in [-0.25, -0.2) is 9.59 Å². The number of hydrogen-bond acceptors (Lipinski definition) is 3. The number of anilines is 1. The molecule has 4 N–H and O–H groups in total. The van der Waals surface area contributed by atoms with Crippen molar-refractivity contribution in [2.24, 2.45) is 0 Å². The lowest BCUT2D eigenvalue weighted by Gasteiger charge is -2.13. The van der Waals surface area contributed by atoms with E-state index in [-0.39, 0.29) is 0 Å². The number of aromatic carboxylic acids is 2. The molecule has 92 valence electrons. The van der Waals surface area contributed by atoms with E-state index in [2.05, 4.69) is 0 Å². The molecule has 0 amide bonds. The first-order chi connectivity index (χ1) is 7.66. The first kappa shape index (κ1) is 12.8. The van der Waals surface area contributed by atoms with Crippen LogP contribution in [0.1, 0.15) is 26.3 Å². The SMILES string of the molecule is Nc1ccc(C(F)(F)F)c(C(=O)O)c1C(=O)O. The number of rotatable bonds is 2. The summed E-state index contributed by atoms with van der Waals surface area (Å²) < 4.78 is 37.5. The summed E-state index contributed by atoms with van der Waals surface area (Å²) in [5, 5.41) is 17.3. The van der Waals surface area contributed by atoms with Crippen LogP contribution in [-0.4, -0.2) is 22.2 Å². The summed E-state index contributed by atoms with van der Waals surface area (Å²) in [4.78, 5) is 21.4. The smallest absolute Gasteiger partial charge is 0.417 e. The maximum atomic E-state index is 12.5. The van der Waals surface area contributed by atoms with Crippen LogP contribution in [-0.2, 0) is 6.18 Å². The average molecular weight is 249 g/mol. The molecule has 0 unspecified atom stereocenters. The second-order valence-corrected chi connectivity index (χ2v) is 3.06. The molecule has 1 rings (SSSR count). The van der Waals surface area contributed by atoms with Crippen molar-refractivity contribution < 1.29 is 33.0 Å². The van der Waals surface area contributed by atoms with Crippen LogP contribution in [0.25, 0.3) is 0 Å². The molecule has 5 nitrogen and oxygen atoms in total. The van der Waals surface area contributed by atoms with Crippen molar-refractivity contribution in [1.82, 2.24) is 0 Å². The summed E-state index contributed by atoms with van der Waals surface area (Å²) in [7, 11) is 0. The summed E-state index contributed by atoms with van der Waals surface area (Å²) in [5.41, 5.74) is 0.658. The van der Waals surface area contributed by atoms with Gasteiger partial charge in [-0.1, -0.05) is 0 Å². The molecule has 0 bridgehead atoms. The van der Waals surface area contributed by atoms with Crippen LogP contribution < -0.4 is 5.73 Å². The highest BCUT2D eigenvalue weighted by Crippen LogP contribution is 2.35. The van der Waals surface area contributed by atoms with Gasteiger partial charge in [-0.15, -0.1) is 0 Å². The lowest BCUT2D eigenvalue weighted by atomic mass is 9.99. The van der Waals surface area contributed by atoms with Crippen LogP contribution in [0.5, 0.6) is 0 Å². The van der Waals surface area contributed by atoms with Crippen LogP contribution in [0.4, 0.5) is 18.9 Å². The second-order valence-electron chi connectivity index (χ2n) is 3.06. The Kier molecular flexibility index (Phi) is 2.99. The Hall–Kier alpha value is -2.25. The lowest BCUT2D eigenvalue weighted by molar-refractivity contribution is -0.138. The zero-order valence-electron chi connectivity index (χ0n) is 8.08. The zero-order valence-corrected chi connectivity index (χ0v) is 8.08. The minimum atomic E-state index is -4.97. The number of alkyl halides is 3. The fourth-order valence-corrected chi connectivity index (χ4v) is 1.31. The Morgan fingerprint density at radius 2 is 1.53 bits per heavy atom. The van der Waals surface area contributed by atoms with Gasteiger partial charge in [0.25, 0.3) is 0 Å². The van der Waals surface area contributed by atoms with E-state index in [4.69, 9.17) is 15.9 Å². The second kappa shape index (κ2) is 3.96. The summed E-state index contributed by atoms with van der Waals surface area (Å²) in [6.45, 7) is 0. The Morgan fingerprint density at radius 1 is 1.06 bits per heavy atom. The van der Waals surface area contributed by atoms with Gasteiger partial charge in [0.05, 0.1) is 16.7 Å². The van der Waals surface area contributed by atoms with E-state index in [0.717, 1.165) is 0 Å². The van der Waals surface area contributed by atoms with Gasteiger partial charge in [0, 0.05) is 5.69 Å². The predicted molar refractivity (Wildman–Crippen MR) is 49.8 cm³/mol. The topological polar surface area (TPSA) is 101 Å². The first-order valence-electron chi connectivity index (χ1n) is 4.12. The van der Waals surface area contributed by atoms with E-state index in [1.807, 2.05) is 0 Å². The van der Waals surface area contributed by atoms with Gasteiger partial charge >= 0.3 is 18.1 Å². The largest absolute Gasteiger partial charge is 0.478 e. The number of nitrogen functional groups attached to an aromatic ring is 1. The molecular formula is C9H6F3NO4. The summed E-state index contributed by atoms with van der Waals surface area (Å²) >= 11 is 0. The Bertz CT molecular complexity index is 496. The minimum absolute atomic E-state index is 0.436. The molecule has 0 radical (unpaired) electrons. The van der Waals surface area contributed by atoms with Gasteiger partial charge < -0.3 is 15.9 Å². The van der Waals surface area contributed by atoms with Crippen LogP contribution in [0.3, 0.4) is 0 Å². The van der Waals surface area contributed by atoms with Gasteiger partial charge in [0.15, 0.2) is 0 Å².